The fourth-order valence-electron chi connectivity index (χ4n) is 2.87. The molecule has 0 heterocycles. The molecule has 6 nitrogen and oxygen atoms in total. The Labute approximate surface area is 158 Å². The third-order valence-corrected chi connectivity index (χ3v) is 5.98. The number of carbonyl (C=O) groups excluding carboxylic acids is 1. The Balaban J connectivity index is 1.84. The van der Waals surface area contributed by atoms with Crippen LogP contribution in [-0.4, -0.2) is 26.9 Å². The number of halogens is 1. The maximum Gasteiger partial charge on any atom is 0.261 e. The summed E-state index contributed by atoms with van der Waals surface area (Å²) in [5.41, 5.74) is 6.31. The van der Waals surface area contributed by atoms with Crippen LogP contribution in [0.5, 0.6) is 0 Å². The molecule has 8 heteroatoms. The van der Waals surface area contributed by atoms with E-state index in [4.69, 9.17) is 5.73 Å². The number of amides is 1. The third kappa shape index (κ3) is 4.45. The lowest BCUT2D eigenvalue weighted by Crippen LogP contribution is -2.42. The molecular formula is C19H22FN3O3S. The molecule has 0 aromatic heterocycles. The van der Waals surface area contributed by atoms with E-state index in [-0.39, 0.29) is 33.7 Å². The van der Waals surface area contributed by atoms with Gasteiger partial charge in [-0.25, -0.2) is 12.8 Å². The molecule has 27 heavy (non-hydrogen) atoms. The van der Waals surface area contributed by atoms with E-state index in [1.54, 1.807) is 18.2 Å². The van der Waals surface area contributed by atoms with Crippen molar-refractivity contribution in [2.75, 3.05) is 11.3 Å². The summed E-state index contributed by atoms with van der Waals surface area (Å²) in [5.74, 6) is -0.488. The van der Waals surface area contributed by atoms with Crippen molar-refractivity contribution in [3.63, 3.8) is 0 Å². The molecule has 2 aromatic carbocycles. The Morgan fingerprint density at radius 1 is 1.26 bits per heavy atom. The van der Waals surface area contributed by atoms with Gasteiger partial charge in [-0.1, -0.05) is 12.1 Å². The number of para-hydroxylation sites is 1. The Bertz CT molecular complexity index is 958. The number of nitrogens with two attached hydrogens (primary N) is 1. The van der Waals surface area contributed by atoms with Crippen molar-refractivity contribution in [3.8, 4) is 0 Å². The summed E-state index contributed by atoms with van der Waals surface area (Å²) in [7, 11) is -3.97. The number of hydrogen-bond donors (Lipinski definition) is 3. The Hall–Kier alpha value is -2.45. The fraction of sp³-hybridized carbons (Fsp3) is 0.316. The molecular weight excluding hydrogens is 369 g/mol. The molecule has 1 amide bonds. The van der Waals surface area contributed by atoms with Crippen molar-refractivity contribution in [2.24, 2.45) is 11.7 Å². The van der Waals surface area contributed by atoms with E-state index >= 15 is 0 Å². The minimum Gasteiger partial charge on any atom is -0.348 e. The van der Waals surface area contributed by atoms with Gasteiger partial charge in [0.25, 0.3) is 15.9 Å². The zero-order chi connectivity index (χ0) is 19.6. The SMILES string of the molecule is Cc1cc(S(=O)(=O)Nc2ccccc2C(=O)NC(CN)C2CC2)ccc1F. The van der Waals surface area contributed by atoms with E-state index < -0.39 is 15.8 Å². The van der Waals surface area contributed by atoms with Crippen LogP contribution in [0.1, 0.15) is 28.8 Å². The van der Waals surface area contributed by atoms with Crippen LogP contribution in [-0.2, 0) is 10.0 Å². The largest absolute Gasteiger partial charge is 0.348 e. The van der Waals surface area contributed by atoms with E-state index in [9.17, 15) is 17.6 Å². The highest BCUT2D eigenvalue weighted by atomic mass is 32.2. The highest BCUT2D eigenvalue weighted by Crippen LogP contribution is 2.32. The summed E-state index contributed by atoms with van der Waals surface area (Å²) >= 11 is 0. The molecule has 4 N–H and O–H groups in total. The second kappa shape index (κ2) is 7.66. The average molecular weight is 391 g/mol. The van der Waals surface area contributed by atoms with Crippen molar-refractivity contribution >= 4 is 21.6 Å². The molecule has 1 aliphatic carbocycles. The number of benzene rings is 2. The molecule has 1 atom stereocenters. The summed E-state index contributed by atoms with van der Waals surface area (Å²) < 4.78 is 41.2. The van der Waals surface area contributed by atoms with Crippen LogP contribution >= 0.6 is 0 Å². The van der Waals surface area contributed by atoms with Crippen LogP contribution in [0.2, 0.25) is 0 Å². The first kappa shape index (κ1) is 19.3. The number of aryl methyl sites for hydroxylation is 1. The van der Waals surface area contributed by atoms with E-state index in [0.29, 0.717) is 12.5 Å². The Morgan fingerprint density at radius 2 is 1.96 bits per heavy atom. The van der Waals surface area contributed by atoms with Crippen LogP contribution in [0.4, 0.5) is 10.1 Å². The van der Waals surface area contributed by atoms with Crippen molar-refractivity contribution in [1.82, 2.24) is 5.32 Å². The summed E-state index contributed by atoms with van der Waals surface area (Å²) in [6, 6.07) is 9.75. The molecule has 1 unspecified atom stereocenters. The molecule has 0 radical (unpaired) electrons. The van der Waals surface area contributed by atoms with Crippen LogP contribution in [0.15, 0.2) is 47.4 Å². The lowest BCUT2D eigenvalue weighted by atomic mass is 10.1. The minimum absolute atomic E-state index is 0.0746. The van der Waals surface area contributed by atoms with Gasteiger partial charge in [-0.05, 0) is 61.6 Å². The molecule has 3 rings (SSSR count). The van der Waals surface area contributed by atoms with Gasteiger partial charge in [0.2, 0.25) is 0 Å². The van der Waals surface area contributed by atoms with Gasteiger partial charge in [0.05, 0.1) is 16.1 Å². The van der Waals surface area contributed by atoms with Crippen molar-refractivity contribution in [2.45, 2.75) is 30.7 Å². The number of hydrogen-bond acceptors (Lipinski definition) is 4. The maximum absolute atomic E-state index is 13.4. The van der Waals surface area contributed by atoms with E-state index in [2.05, 4.69) is 10.0 Å². The van der Waals surface area contributed by atoms with Crippen molar-refractivity contribution in [1.29, 1.82) is 0 Å². The Kier molecular flexibility index (Phi) is 5.48. The smallest absolute Gasteiger partial charge is 0.261 e. The van der Waals surface area contributed by atoms with E-state index in [0.717, 1.165) is 18.9 Å². The molecule has 0 spiro atoms. The zero-order valence-electron chi connectivity index (χ0n) is 14.9. The average Bonchev–Trinajstić information content (AvgIpc) is 3.47. The molecule has 0 bridgehead atoms. The molecule has 0 saturated heterocycles. The van der Waals surface area contributed by atoms with Gasteiger partial charge in [0.1, 0.15) is 5.82 Å². The highest BCUT2D eigenvalue weighted by Gasteiger charge is 2.32. The fourth-order valence-corrected chi connectivity index (χ4v) is 4.04. The number of anilines is 1. The predicted octanol–water partition coefficient (Wildman–Crippen LogP) is 2.40. The number of sulfonamides is 1. The maximum atomic E-state index is 13.4. The topological polar surface area (TPSA) is 101 Å². The van der Waals surface area contributed by atoms with Gasteiger partial charge in [0, 0.05) is 12.6 Å². The van der Waals surface area contributed by atoms with Gasteiger partial charge in [-0.2, -0.15) is 0 Å². The number of rotatable bonds is 7. The molecule has 1 fully saturated rings. The van der Waals surface area contributed by atoms with Crippen molar-refractivity contribution < 1.29 is 17.6 Å². The first-order valence-corrected chi connectivity index (χ1v) is 10.2. The standard InChI is InChI=1S/C19H22FN3O3S/c1-12-10-14(8-9-16(12)20)27(25,26)23-17-5-3-2-4-15(17)19(24)22-18(11-21)13-6-7-13/h2-5,8-10,13,18,23H,6-7,11,21H2,1H3,(H,22,24). The lowest BCUT2D eigenvalue weighted by molar-refractivity contribution is 0.0934. The van der Waals surface area contributed by atoms with Crippen LogP contribution in [0.25, 0.3) is 0 Å². The van der Waals surface area contributed by atoms with Gasteiger partial charge in [0.15, 0.2) is 0 Å². The Morgan fingerprint density at radius 3 is 2.59 bits per heavy atom. The minimum atomic E-state index is -3.97. The highest BCUT2D eigenvalue weighted by molar-refractivity contribution is 7.92. The number of carbonyl (C=O) groups is 1. The lowest BCUT2D eigenvalue weighted by Gasteiger charge is -2.18. The predicted molar refractivity (Wildman–Crippen MR) is 101 cm³/mol. The second-order valence-corrected chi connectivity index (χ2v) is 8.40. The summed E-state index contributed by atoms with van der Waals surface area (Å²) in [5, 5.41) is 2.88. The van der Waals surface area contributed by atoms with Crippen LogP contribution < -0.4 is 15.8 Å². The molecule has 2 aromatic rings. The van der Waals surface area contributed by atoms with Gasteiger partial charge < -0.3 is 11.1 Å². The first-order chi connectivity index (χ1) is 12.8. The molecule has 1 saturated carbocycles. The van der Waals surface area contributed by atoms with Crippen LogP contribution in [0.3, 0.4) is 0 Å². The summed E-state index contributed by atoms with van der Waals surface area (Å²) in [6.45, 7) is 1.82. The van der Waals surface area contributed by atoms with Gasteiger partial charge in [-0.3, -0.25) is 9.52 Å². The van der Waals surface area contributed by atoms with Crippen molar-refractivity contribution in [3.05, 3.63) is 59.4 Å². The second-order valence-electron chi connectivity index (χ2n) is 6.72. The quantitative estimate of drug-likeness (QED) is 0.675. The molecule has 1 aliphatic rings. The summed E-state index contributed by atoms with van der Waals surface area (Å²) in [6.07, 6.45) is 2.06. The molecule has 0 aliphatic heterocycles. The normalized spacial score (nSPS) is 15.2. The van der Waals surface area contributed by atoms with E-state index in [1.165, 1.54) is 25.1 Å². The van der Waals surface area contributed by atoms with Crippen LogP contribution in [0, 0.1) is 18.7 Å². The number of nitrogens with one attached hydrogen (secondary N) is 2. The summed E-state index contributed by atoms with van der Waals surface area (Å²) in [4.78, 5) is 12.6. The monoisotopic (exact) mass is 391 g/mol. The van der Waals surface area contributed by atoms with Gasteiger partial charge in [-0.15, -0.1) is 0 Å². The van der Waals surface area contributed by atoms with Gasteiger partial charge >= 0.3 is 0 Å². The molecule has 144 valence electrons. The van der Waals surface area contributed by atoms with E-state index in [1.807, 2.05) is 0 Å². The zero-order valence-corrected chi connectivity index (χ0v) is 15.7. The first-order valence-electron chi connectivity index (χ1n) is 8.71. The third-order valence-electron chi connectivity index (χ3n) is 4.62.